The largest absolute Gasteiger partial charge is 0.482 e. The second-order valence-electron chi connectivity index (χ2n) is 9.33. The first-order valence-electron chi connectivity index (χ1n) is 11.3. The van der Waals surface area contributed by atoms with Crippen LogP contribution in [0.25, 0.3) is 0 Å². The molecule has 2 aromatic rings. The number of fused-ring (bicyclic) bond motifs is 3. The highest BCUT2D eigenvalue weighted by molar-refractivity contribution is 6.30. The Morgan fingerprint density at radius 1 is 1.08 bits per heavy atom. The molecule has 0 aliphatic heterocycles. The number of hydrogen-bond donors (Lipinski definition) is 2. The fraction of sp³-hybridized carbons (Fsp3) is 0.458. The number of ether oxygens (including phenoxy) is 2. The van der Waals surface area contributed by atoms with Crippen molar-refractivity contribution in [3.8, 4) is 11.5 Å². The molecule has 3 aliphatic carbocycles. The van der Waals surface area contributed by atoms with Crippen molar-refractivity contribution >= 4 is 23.4 Å². The minimum absolute atomic E-state index is 0.0436. The van der Waals surface area contributed by atoms with Crippen molar-refractivity contribution < 1.29 is 36.6 Å². The summed E-state index contributed by atoms with van der Waals surface area (Å²) in [4.78, 5) is 28.1. The van der Waals surface area contributed by atoms with Crippen molar-refractivity contribution in [2.75, 3.05) is 6.61 Å². The van der Waals surface area contributed by atoms with E-state index >= 15 is 0 Å². The van der Waals surface area contributed by atoms with E-state index in [1.54, 1.807) is 0 Å². The van der Waals surface area contributed by atoms with E-state index in [0.29, 0.717) is 38.5 Å². The molecule has 0 spiro atoms. The maximum atomic E-state index is 13.8. The van der Waals surface area contributed by atoms with Crippen molar-refractivity contribution in [2.45, 2.75) is 56.3 Å². The molecule has 1 aromatic heterocycles. The molecule has 0 radical (unpaired) electrons. The summed E-state index contributed by atoms with van der Waals surface area (Å²) < 4.78 is 62.8. The van der Waals surface area contributed by atoms with E-state index in [1.165, 1.54) is 12.1 Å². The number of nitrogens with two attached hydrogens (primary N) is 1. The van der Waals surface area contributed by atoms with Gasteiger partial charge in [0.1, 0.15) is 23.0 Å². The Labute approximate surface area is 209 Å². The zero-order valence-corrected chi connectivity index (χ0v) is 19.8. The highest BCUT2D eigenvalue weighted by Gasteiger charge is 2.55. The lowest BCUT2D eigenvalue weighted by atomic mass is 9.55. The number of nitrogens with zero attached hydrogens (tertiary/aromatic N) is 1. The summed E-state index contributed by atoms with van der Waals surface area (Å²) >= 11 is 5.72. The molecule has 0 saturated heterocycles. The van der Waals surface area contributed by atoms with Crippen LogP contribution in [0.15, 0.2) is 36.5 Å². The molecule has 1 atom stereocenters. The molecule has 5 rings (SSSR count). The summed E-state index contributed by atoms with van der Waals surface area (Å²) in [6.07, 6.45) is -1.23. The van der Waals surface area contributed by atoms with Gasteiger partial charge in [-0.05, 0) is 62.8 Å². The molecule has 3 fully saturated rings. The third-order valence-electron chi connectivity index (χ3n) is 7.07. The fourth-order valence-corrected chi connectivity index (χ4v) is 5.20. The monoisotopic (exact) mass is 529 g/mol. The number of alkyl halides is 3. The molecule has 3 N–H and O–H groups in total. The Bertz CT molecular complexity index is 1120. The van der Waals surface area contributed by atoms with E-state index in [-0.39, 0.29) is 23.1 Å². The first-order chi connectivity index (χ1) is 16.9. The molecule has 1 aromatic carbocycles. The van der Waals surface area contributed by atoms with Gasteiger partial charge < -0.3 is 20.5 Å². The molecule has 3 saturated carbocycles. The Hall–Kier alpha value is -3.08. The topological polar surface area (TPSA) is 104 Å². The number of benzene rings is 1. The number of carbonyl (C=O) groups is 2. The summed E-state index contributed by atoms with van der Waals surface area (Å²) in [7, 11) is 0. The van der Waals surface area contributed by atoms with Crippen molar-refractivity contribution in [1.29, 1.82) is 0 Å². The Morgan fingerprint density at radius 2 is 1.72 bits per heavy atom. The molecule has 12 heteroatoms. The highest BCUT2D eigenvalue weighted by atomic mass is 35.5. The molecule has 194 valence electrons. The summed E-state index contributed by atoms with van der Waals surface area (Å²) in [5, 5.41) is 2.92. The first kappa shape index (κ1) is 26.0. The van der Waals surface area contributed by atoms with Crippen molar-refractivity contribution in [2.24, 2.45) is 11.1 Å². The first-order valence-corrected chi connectivity index (χ1v) is 11.7. The molecule has 3 aliphatic rings. The van der Waals surface area contributed by atoms with Gasteiger partial charge in [0.2, 0.25) is 0 Å². The Morgan fingerprint density at radius 3 is 2.25 bits per heavy atom. The standard InChI is InChI=1S/C24H24ClF4N3O4/c25-16-3-1-14(11-17(16)26)36-20(21(30)34)22-5-8-23(9-6-22,10-7-22)32-19(33)13-35-15-2-4-18(31-12-15)24(27,28)29/h1-4,11-12,20H,5-10,13H2,(H2,30,34)(H,32,33). The van der Waals surface area contributed by atoms with Crippen LogP contribution in [0, 0.1) is 11.2 Å². The van der Waals surface area contributed by atoms with E-state index in [0.717, 1.165) is 24.4 Å². The average molecular weight is 530 g/mol. The molecule has 1 unspecified atom stereocenters. The molecular weight excluding hydrogens is 506 g/mol. The number of carbonyl (C=O) groups excluding carboxylic acids is 2. The molecule has 36 heavy (non-hydrogen) atoms. The van der Waals surface area contributed by atoms with E-state index in [4.69, 9.17) is 26.8 Å². The normalized spacial score (nSPS) is 24.1. The SMILES string of the molecule is NC(=O)C(Oc1ccc(Cl)c(F)c1)C12CCC(NC(=O)COc3ccc(C(F)(F)F)nc3)(CC1)CC2. The van der Waals surface area contributed by atoms with Gasteiger partial charge in [-0.2, -0.15) is 13.2 Å². The zero-order valence-electron chi connectivity index (χ0n) is 19.0. The highest BCUT2D eigenvalue weighted by Crippen LogP contribution is 2.54. The molecular formula is C24H24ClF4N3O4. The number of amides is 2. The second kappa shape index (κ2) is 9.76. The predicted octanol–water partition coefficient (Wildman–Crippen LogP) is 4.41. The molecule has 1 heterocycles. The number of rotatable bonds is 8. The Kier molecular flexibility index (Phi) is 7.05. The number of nitrogens with one attached hydrogen (secondary N) is 1. The zero-order chi connectivity index (χ0) is 26.1. The van der Waals surface area contributed by atoms with Crippen LogP contribution in [0.5, 0.6) is 11.5 Å². The number of halogens is 5. The number of pyridine rings is 1. The maximum absolute atomic E-state index is 13.8. The van der Waals surface area contributed by atoms with Gasteiger partial charge in [0.05, 0.1) is 11.2 Å². The maximum Gasteiger partial charge on any atom is 0.433 e. The van der Waals surface area contributed by atoms with Crippen LogP contribution >= 0.6 is 11.6 Å². The van der Waals surface area contributed by atoms with Crippen molar-refractivity contribution in [1.82, 2.24) is 10.3 Å². The second-order valence-corrected chi connectivity index (χ2v) is 9.74. The molecule has 7 nitrogen and oxygen atoms in total. The number of primary amides is 1. The fourth-order valence-electron chi connectivity index (χ4n) is 5.08. The lowest BCUT2D eigenvalue weighted by Crippen LogP contribution is -2.62. The van der Waals surface area contributed by atoms with Crippen molar-refractivity contribution in [3.63, 3.8) is 0 Å². The van der Waals surface area contributed by atoms with Crippen LogP contribution in [0.2, 0.25) is 5.02 Å². The molecule has 2 bridgehead atoms. The number of aromatic nitrogens is 1. The van der Waals surface area contributed by atoms with Crippen LogP contribution in [0.4, 0.5) is 17.6 Å². The summed E-state index contributed by atoms with van der Waals surface area (Å²) in [6.45, 7) is -0.380. The van der Waals surface area contributed by atoms with Gasteiger partial charge in [0.15, 0.2) is 12.7 Å². The summed E-state index contributed by atoms with van der Waals surface area (Å²) in [6, 6.07) is 5.81. The molecule has 2 amide bonds. The van der Waals surface area contributed by atoms with Crippen LogP contribution in [0.3, 0.4) is 0 Å². The van der Waals surface area contributed by atoms with Crippen LogP contribution in [-0.2, 0) is 15.8 Å². The lowest BCUT2D eigenvalue weighted by Gasteiger charge is -2.55. The predicted molar refractivity (Wildman–Crippen MR) is 121 cm³/mol. The van der Waals surface area contributed by atoms with E-state index < -0.39 is 46.6 Å². The van der Waals surface area contributed by atoms with Crippen LogP contribution in [-0.4, -0.2) is 35.0 Å². The lowest BCUT2D eigenvalue weighted by molar-refractivity contribution is -0.141. The minimum Gasteiger partial charge on any atom is -0.482 e. The quantitative estimate of drug-likeness (QED) is 0.493. The van der Waals surface area contributed by atoms with Gasteiger partial charge in [0, 0.05) is 17.0 Å². The van der Waals surface area contributed by atoms with E-state index in [1.807, 2.05) is 0 Å². The number of hydrogen-bond acceptors (Lipinski definition) is 5. The third kappa shape index (κ3) is 5.50. The summed E-state index contributed by atoms with van der Waals surface area (Å²) in [5.74, 6) is -1.54. The summed E-state index contributed by atoms with van der Waals surface area (Å²) in [5.41, 5.74) is 3.58. The minimum atomic E-state index is -4.56. The third-order valence-corrected chi connectivity index (χ3v) is 7.37. The smallest absolute Gasteiger partial charge is 0.433 e. The van der Waals surface area contributed by atoms with Gasteiger partial charge in [-0.25, -0.2) is 9.37 Å². The Balaban J connectivity index is 1.34. The van der Waals surface area contributed by atoms with Gasteiger partial charge in [-0.3, -0.25) is 9.59 Å². The van der Waals surface area contributed by atoms with E-state index in [9.17, 15) is 27.2 Å². The van der Waals surface area contributed by atoms with Gasteiger partial charge in [-0.1, -0.05) is 11.6 Å². The van der Waals surface area contributed by atoms with Gasteiger partial charge in [0.25, 0.3) is 11.8 Å². The average Bonchev–Trinajstić information content (AvgIpc) is 2.84. The van der Waals surface area contributed by atoms with Gasteiger partial charge in [-0.15, -0.1) is 0 Å². The van der Waals surface area contributed by atoms with Crippen molar-refractivity contribution in [3.05, 3.63) is 53.1 Å². The van der Waals surface area contributed by atoms with Crippen LogP contribution in [0.1, 0.15) is 44.2 Å². The van der Waals surface area contributed by atoms with Crippen LogP contribution < -0.4 is 20.5 Å². The van der Waals surface area contributed by atoms with E-state index in [2.05, 4.69) is 10.3 Å². The van der Waals surface area contributed by atoms with Gasteiger partial charge >= 0.3 is 6.18 Å².